The van der Waals surface area contributed by atoms with E-state index in [1.165, 1.54) is 18.2 Å². The molecule has 2 fully saturated rings. The van der Waals surface area contributed by atoms with Gasteiger partial charge < -0.3 is 23.5 Å². The minimum atomic E-state index is -0.448. The second-order valence-corrected chi connectivity index (χ2v) is 11.5. The number of imidazole rings is 1. The van der Waals surface area contributed by atoms with Crippen molar-refractivity contribution < 1.29 is 23.7 Å². The van der Waals surface area contributed by atoms with E-state index in [1.54, 1.807) is 6.07 Å². The van der Waals surface area contributed by atoms with Crippen molar-refractivity contribution in [2.24, 2.45) is 0 Å². The van der Waals surface area contributed by atoms with Crippen LogP contribution in [0.15, 0.2) is 54.6 Å². The molecule has 218 valence electrons. The minimum Gasteiger partial charge on any atom is -0.485 e. The highest BCUT2D eigenvalue weighted by Crippen LogP contribution is 2.44. The zero-order chi connectivity index (χ0) is 28.6. The Labute approximate surface area is 245 Å². The molecule has 0 N–H and O–H groups in total. The molecule has 0 bridgehead atoms. The number of carbonyl (C=O) groups is 1. The van der Waals surface area contributed by atoms with Gasteiger partial charge in [0.1, 0.15) is 17.9 Å². The number of piperidine rings is 1. The zero-order valence-electron chi connectivity index (χ0n) is 24.1. The van der Waals surface area contributed by atoms with Gasteiger partial charge >= 0.3 is 5.97 Å². The van der Waals surface area contributed by atoms with Gasteiger partial charge in [0, 0.05) is 12.2 Å². The smallest absolute Gasteiger partial charge is 0.356 e. The fourth-order valence-electron chi connectivity index (χ4n) is 6.21. The van der Waals surface area contributed by atoms with E-state index in [2.05, 4.69) is 57.8 Å². The second kappa shape index (κ2) is 11.4. The second-order valence-electron chi connectivity index (χ2n) is 11.5. The summed E-state index contributed by atoms with van der Waals surface area (Å²) in [6.45, 7) is 6.68. The maximum Gasteiger partial charge on any atom is 0.356 e. The first-order valence-corrected chi connectivity index (χ1v) is 14.8. The maximum absolute atomic E-state index is 12.1. The van der Waals surface area contributed by atoms with Gasteiger partial charge in [0.25, 0.3) is 0 Å². The third-order valence-corrected chi connectivity index (χ3v) is 8.74. The first kappa shape index (κ1) is 26.9. The van der Waals surface area contributed by atoms with Crippen LogP contribution >= 0.6 is 0 Å². The van der Waals surface area contributed by atoms with Crippen molar-refractivity contribution in [1.82, 2.24) is 19.4 Å². The molecule has 9 nitrogen and oxygen atoms in total. The number of methoxy groups -OCH3 is 1. The first-order valence-electron chi connectivity index (χ1n) is 14.8. The van der Waals surface area contributed by atoms with E-state index in [0.717, 1.165) is 67.4 Å². The molecule has 2 saturated heterocycles. The standard InChI is InChI=1S/C33H36N4O5/c1-21-6-8-23(9-7-21)29-20-41-31-25(4-3-5-28(31)42-29)22-12-15-36(16-13-22)19-30-34-26-10-11-27(33(38)39-2)35-32(26)37(30)18-24-14-17-40-24/h3-11,22,24,29H,12-20H2,1-2H3/t24-,29?/m0/s1. The number of rotatable bonds is 7. The number of hydrogen-bond acceptors (Lipinski definition) is 8. The molecule has 0 spiro atoms. The summed E-state index contributed by atoms with van der Waals surface area (Å²) >= 11 is 0. The molecule has 5 heterocycles. The van der Waals surface area contributed by atoms with Crippen LogP contribution in [0.3, 0.4) is 0 Å². The van der Waals surface area contributed by atoms with Gasteiger partial charge in [-0.1, -0.05) is 42.0 Å². The number of aryl methyl sites for hydroxylation is 1. The van der Waals surface area contributed by atoms with E-state index >= 15 is 0 Å². The lowest BCUT2D eigenvalue weighted by molar-refractivity contribution is -0.0593. The lowest BCUT2D eigenvalue weighted by atomic mass is 9.88. The van der Waals surface area contributed by atoms with Crippen LogP contribution in [0.25, 0.3) is 11.2 Å². The number of para-hydroxylation sites is 1. The van der Waals surface area contributed by atoms with Crippen LogP contribution in [0, 0.1) is 6.92 Å². The number of pyridine rings is 1. The van der Waals surface area contributed by atoms with Crippen LogP contribution in [0.5, 0.6) is 11.5 Å². The number of ether oxygens (including phenoxy) is 4. The molecule has 42 heavy (non-hydrogen) atoms. The number of aromatic nitrogens is 3. The fourth-order valence-corrected chi connectivity index (χ4v) is 6.21. The largest absolute Gasteiger partial charge is 0.485 e. The number of esters is 1. The summed E-state index contributed by atoms with van der Waals surface area (Å²) < 4.78 is 25.5. The van der Waals surface area contributed by atoms with Crippen molar-refractivity contribution in [2.45, 2.75) is 57.4 Å². The van der Waals surface area contributed by atoms with Crippen molar-refractivity contribution in [3.05, 3.63) is 82.8 Å². The van der Waals surface area contributed by atoms with Crippen LogP contribution in [0.4, 0.5) is 0 Å². The number of nitrogens with zero attached hydrogens (tertiary/aromatic N) is 4. The van der Waals surface area contributed by atoms with Gasteiger partial charge in [-0.15, -0.1) is 0 Å². The van der Waals surface area contributed by atoms with Crippen LogP contribution in [-0.2, 0) is 22.6 Å². The van der Waals surface area contributed by atoms with E-state index < -0.39 is 5.97 Å². The van der Waals surface area contributed by atoms with Crippen molar-refractivity contribution in [2.75, 3.05) is 33.4 Å². The molecule has 0 amide bonds. The Hall–Kier alpha value is -3.95. The fraction of sp³-hybridized carbons (Fsp3) is 0.424. The monoisotopic (exact) mass is 568 g/mol. The van der Waals surface area contributed by atoms with Crippen LogP contribution in [0.1, 0.15) is 64.3 Å². The maximum atomic E-state index is 12.1. The third kappa shape index (κ3) is 5.23. The predicted octanol–water partition coefficient (Wildman–Crippen LogP) is 5.21. The van der Waals surface area contributed by atoms with Crippen molar-refractivity contribution >= 4 is 17.1 Å². The highest BCUT2D eigenvalue weighted by Gasteiger charge is 2.30. The summed E-state index contributed by atoms with van der Waals surface area (Å²) in [5, 5.41) is 0. The molecular formula is C33H36N4O5. The van der Waals surface area contributed by atoms with Gasteiger partial charge in [-0.3, -0.25) is 4.90 Å². The average Bonchev–Trinajstić information content (AvgIpc) is 3.34. The molecule has 2 aromatic heterocycles. The van der Waals surface area contributed by atoms with Gasteiger partial charge in [0.15, 0.2) is 28.9 Å². The molecule has 0 saturated carbocycles. The Morgan fingerprint density at radius 3 is 2.57 bits per heavy atom. The lowest BCUT2D eigenvalue weighted by Gasteiger charge is -2.35. The molecule has 2 aromatic carbocycles. The summed E-state index contributed by atoms with van der Waals surface area (Å²) in [5.41, 5.74) is 5.38. The minimum absolute atomic E-state index is 0.0991. The van der Waals surface area contributed by atoms with Gasteiger partial charge in [0.2, 0.25) is 0 Å². The number of likely N-dealkylation sites (tertiary alicyclic amines) is 1. The number of carbonyl (C=O) groups excluding carboxylic acids is 1. The Morgan fingerprint density at radius 2 is 1.83 bits per heavy atom. The Balaban J connectivity index is 1.05. The number of fused-ring (bicyclic) bond motifs is 2. The topological polar surface area (TPSA) is 87.9 Å². The summed E-state index contributed by atoms with van der Waals surface area (Å²) in [6.07, 6.45) is 3.11. The van der Waals surface area contributed by atoms with Gasteiger partial charge in [-0.2, -0.15) is 0 Å². The number of benzene rings is 2. The normalized spacial score (nSPS) is 20.8. The van der Waals surface area contributed by atoms with Crippen molar-refractivity contribution in [3.8, 4) is 11.5 Å². The zero-order valence-corrected chi connectivity index (χ0v) is 24.1. The molecule has 1 unspecified atom stereocenters. The van der Waals surface area contributed by atoms with Crippen LogP contribution in [0.2, 0.25) is 0 Å². The summed E-state index contributed by atoms with van der Waals surface area (Å²) in [6, 6.07) is 18.3. The van der Waals surface area contributed by atoms with E-state index in [-0.39, 0.29) is 17.9 Å². The van der Waals surface area contributed by atoms with Gasteiger partial charge in [-0.05, 0) is 69.0 Å². The summed E-state index contributed by atoms with van der Waals surface area (Å²) in [5.74, 6) is 2.63. The molecule has 2 atom stereocenters. The van der Waals surface area contributed by atoms with E-state index in [0.29, 0.717) is 31.3 Å². The summed E-state index contributed by atoms with van der Waals surface area (Å²) in [7, 11) is 1.37. The molecule has 7 rings (SSSR count). The molecule has 9 heteroatoms. The van der Waals surface area contributed by atoms with Gasteiger partial charge in [-0.25, -0.2) is 14.8 Å². The molecule has 0 aliphatic carbocycles. The van der Waals surface area contributed by atoms with Crippen LogP contribution < -0.4 is 9.47 Å². The quantitative estimate of drug-likeness (QED) is 0.281. The first-order chi connectivity index (χ1) is 20.6. The molecule has 4 aromatic rings. The number of hydrogen-bond donors (Lipinski definition) is 0. The van der Waals surface area contributed by atoms with Gasteiger partial charge in [0.05, 0.1) is 26.3 Å². The molecule has 0 radical (unpaired) electrons. The summed E-state index contributed by atoms with van der Waals surface area (Å²) in [4.78, 5) is 24.2. The van der Waals surface area contributed by atoms with Crippen molar-refractivity contribution in [1.29, 1.82) is 0 Å². The Morgan fingerprint density at radius 1 is 1.02 bits per heavy atom. The molecular weight excluding hydrogens is 532 g/mol. The van der Waals surface area contributed by atoms with E-state index in [1.807, 2.05) is 12.1 Å². The highest BCUT2D eigenvalue weighted by molar-refractivity contribution is 5.89. The lowest BCUT2D eigenvalue weighted by Crippen LogP contribution is -2.35. The van der Waals surface area contributed by atoms with E-state index in [4.69, 9.17) is 23.9 Å². The molecule has 3 aliphatic rings. The third-order valence-electron chi connectivity index (χ3n) is 8.74. The average molecular weight is 569 g/mol. The predicted molar refractivity (Wildman–Crippen MR) is 157 cm³/mol. The van der Waals surface area contributed by atoms with Crippen molar-refractivity contribution in [3.63, 3.8) is 0 Å². The van der Waals surface area contributed by atoms with E-state index in [9.17, 15) is 4.79 Å². The highest BCUT2D eigenvalue weighted by atomic mass is 16.6. The molecule has 3 aliphatic heterocycles. The SMILES string of the molecule is COC(=O)c1ccc2nc(CN3CCC(c4cccc5c4OCC(c4ccc(C)cc4)O5)CC3)n(C[C@@H]3CCO3)c2n1. The Kier molecular flexibility index (Phi) is 7.29. The van der Waals surface area contributed by atoms with Crippen LogP contribution in [-0.4, -0.2) is 64.9 Å². The Bertz CT molecular complexity index is 1590.